The molecule has 0 saturated heterocycles. The average Bonchev–Trinajstić information content (AvgIpc) is 3.10. The van der Waals surface area contributed by atoms with Gasteiger partial charge in [0.1, 0.15) is 18.2 Å². The summed E-state index contributed by atoms with van der Waals surface area (Å²) in [5.74, 6) is -0.461. The number of amides is 2. The first-order valence-electron chi connectivity index (χ1n) is 10.4. The van der Waals surface area contributed by atoms with E-state index in [4.69, 9.17) is 4.74 Å². The molecule has 1 heterocycles. The third-order valence-corrected chi connectivity index (χ3v) is 5.37. The maximum atomic E-state index is 12.6. The van der Waals surface area contributed by atoms with Gasteiger partial charge in [-0.3, -0.25) is 9.59 Å². The van der Waals surface area contributed by atoms with Crippen LogP contribution in [0.25, 0.3) is 17.0 Å². The van der Waals surface area contributed by atoms with Gasteiger partial charge in [-0.25, -0.2) is 0 Å². The maximum Gasteiger partial charge on any atom is 0.262 e. The number of rotatable bonds is 8. The van der Waals surface area contributed by atoms with E-state index in [-0.39, 0.29) is 30.0 Å². The number of ether oxygens (including phenoxy) is 1. The molecule has 2 aromatic rings. The first-order valence-corrected chi connectivity index (χ1v) is 10.4. The monoisotopic (exact) mass is 408 g/mol. The van der Waals surface area contributed by atoms with Crippen LogP contribution in [0.2, 0.25) is 0 Å². The minimum Gasteiger partial charge on any atom is -0.383 e. The van der Waals surface area contributed by atoms with E-state index < -0.39 is 0 Å². The molecule has 1 saturated carbocycles. The van der Waals surface area contributed by atoms with Gasteiger partial charge < -0.3 is 19.9 Å². The van der Waals surface area contributed by atoms with Crippen LogP contribution in [0.1, 0.15) is 37.7 Å². The highest BCUT2D eigenvalue weighted by Gasteiger charge is 2.19. The van der Waals surface area contributed by atoms with E-state index in [1.165, 1.54) is 6.42 Å². The number of nitrogens with zero attached hydrogens (tertiary/aromatic N) is 2. The smallest absolute Gasteiger partial charge is 0.262 e. The minimum atomic E-state index is -0.335. The molecule has 3 rings (SSSR count). The number of carbonyl (C=O) groups is 2. The summed E-state index contributed by atoms with van der Waals surface area (Å²) < 4.78 is 6.78. The molecule has 1 fully saturated rings. The highest BCUT2D eigenvalue weighted by atomic mass is 16.5. The summed E-state index contributed by atoms with van der Waals surface area (Å²) in [7, 11) is 1.58. The number of nitrogens with one attached hydrogen (secondary N) is 2. The SMILES string of the molecule is COCCNC(=O)Cn1cc(/C=C(\C#N)C(=O)NC2CCCCC2)c2ccccc21. The first kappa shape index (κ1) is 21.6. The highest BCUT2D eigenvalue weighted by Crippen LogP contribution is 2.24. The Morgan fingerprint density at radius 2 is 2.03 bits per heavy atom. The van der Waals surface area contributed by atoms with E-state index in [9.17, 15) is 14.9 Å². The van der Waals surface area contributed by atoms with Crippen LogP contribution in [-0.4, -0.2) is 42.7 Å². The van der Waals surface area contributed by atoms with Crippen molar-refractivity contribution in [3.63, 3.8) is 0 Å². The second-order valence-corrected chi connectivity index (χ2v) is 7.55. The van der Waals surface area contributed by atoms with Crippen molar-refractivity contribution in [1.29, 1.82) is 5.26 Å². The number of hydrogen-bond acceptors (Lipinski definition) is 4. The molecule has 1 aliphatic carbocycles. The van der Waals surface area contributed by atoms with Gasteiger partial charge in [-0.1, -0.05) is 37.5 Å². The van der Waals surface area contributed by atoms with Crippen LogP contribution in [0, 0.1) is 11.3 Å². The number of carbonyl (C=O) groups excluding carboxylic acids is 2. The predicted octanol–water partition coefficient (Wildman–Crippen LogP) is 2.76. The summed E-state index contributed by atoms with van der Waals surface area (Å²) in [5, 5.41) is 16.3. The molecule has 7 nitrogen and oxygen atoms in total. The van der Waals surface area contributed by atoms with Crippen molar-refractivity contribution >= 4 is 28.8 Å². The van der Waals surface area contributed by atoms with E-state index in [0.29, 0.717) is 13.2 Å². The van der Waals surface area contributed by atoms with Crippen LogP contribution in [0.4, 0.5) is 0 Å². The van der Waals surface area contributed by atoms with E-state index in [1.807, 2.05) is 41.1 Å². The molecule has 0 aliphatic heterocycles. The zero-order valence-corrected chi connectivity index (χ0v) is 17.3. The summed E-state index contributed by atoms with van der Waals surface area (Å²) in [5.41, 5.74) is 1.69. The van der Waals surface area contributed by atoms with Crippen LogP contribution in [0.5, 0.6) is 0 Å². The van der Waals surface area contributed by atoms with Gasteiger partial charge in [0.15, 0.2) is 0 Å². The number of methoxy groups -OCH3 is 1. The highest BCUT2D eigenvalue weighted by molar-refractivity contribution is 6.04. The van der Waals surface area contributed by atoms with Crippen LogP contribution in [0.15, 0.2) is 36.0 Å². The molecular formula is C23H28N4O3. The van der Waals surface area contributed by atoms with Crippen LogP contribution < -0.4 is 10.6 Å². The maximum absolute atomic E-state index is 12.6. The third kappa shape index (κ3) is 5.49. The Balaban J connectivity index is 1.81. The molecule has 30 heavy (non-hydrogen) atoms. The quantitative estimate of drug-likeness (QED) is 0.399. The number of para-hydroxylation sites is 1. The molecule has 0 unspecified atom stereocenters. The molecule has 2 N–H and O–H groups in total. The zero-order valence-electron chi connectivity index (χ0n) is 17.3. The van der Waals surface area contributed by atoms with Crippen molar-refractivity contribution in [2.24, 2.45) is 0 Å². The normalized spacial score (nSPS) is 15.0. The summed E-state index contributed by atoms with van der Waals surface area (Å²) in [6, 6.07) is 9.82. The summed E-state index contributed by atoms with van der Waals surface area (Å²) >= 11 is 0. The van der Waals surface area contributed by atoms with Crippen LogP contribution in [-0.2, 0) is 20.9 Å². The lowest BCUT2D eigenvalue weighted by Crippen LogP contribution is -2.36. The number of fused-ring (bicyclic) bond motifs is 1. The molecule has 1 aromatic heterocycles. The molecule has 1 aromatic carbocycles. The van der Waals surface area contributed by atoms with Crippen LogP contribution >= 0.6 is 0 Å². The molecular weight excluding hydrogens is 380 g/mol. The van der Waals surface area contributed by atoms with Crippen molar-refractivity contribution < 1.29 is 14.3 Å². The first-order chi connectivity index (χ1) is 14.6. The Hall–Kier alpha value is -3.11. The molecule has 1 aliphatic rings. The Kier molecular flexibility index (Phi) is 7.63. The standard InChI is InChI=1S/C23H28N4O3/c1-30-12-11-25-22(28)16-27-15-18(20-9-5-6-10-21(20)27)13-17(14-24)23(29)26-19-7-3-2-4-8-19/h5-6,9-10,13,15,19H,2-4,7-8,11-12,16H2,1H3,(H,25,28)(H,26,29)/b17-13+. The predicted molar refractivity (Wildman–Crippen MR) is 115 cm³/mol. The summed E-state index contributed by atoms with van der Waals surface area (Å²) in [4.78, 5) is 24.9. The summed E-state index contributed by atoms with van der Waals surface area (Å²) in [6.45, 7) is 1.04. The van der Waals surface area contributed by atoms with Crippen molar-refractivity contribution in [2.75, 3.05) is 20.3 Å². The molecule has 158 valence electrons. The Morgan fingerprint density at radius 3 is 2.77 bits per heavy atom. The van der Waals surface area contributed by atoms with Crippen molar-refractivity contribution in [2.45, 2.75) is 44.7 Å². The zero-order chi connectivity index (χ0) is 21.3. The van der Waals surface area contributed by atoms with Gasteiger partial charge in [0.2, 0.25) is 5.91 Å². The number of benzene rings is 1. The van der Waals surface area contributed by atoms with Gasteiger partial charge in [-0.05, 0) is 25.0 Å². The van der Waals surface area contributed by atoms with Gasteiger partial charge in [0, 0.05) is 42.4 Å². The van der Waals surface area contributed by atoms with E-state index in [1.54, 1.807) is 13.2 Å². The van der Waals surface area contributed by atoms with E-state index in [2.05, 4.69) is 10.6 Å². The van der Waals surface area contributed by atoms with Crippen molar-refractivity contribution in [3.8, 4) is 6.07 Å². The number of hydrogen-bond donors (Lipinski definition) is 2. The lowest BCUT2D eigenvalue weighted by atomic mass is 9.95. The van der Waals surface area contributed by atoms with Gasteiger partial charge in [-0.15, -0.1) is 0 Å². The fourth-order valence-electron chi connectivity index (χ4n) is 3.84. The van der Waals surface area contributed by atoms with Gasteiger partial charge in [0.05, 0.1) is 6.61 Å². The molecule has 0 bridgehead atoms. The Labute approximate surface area is 176 Å². The minimum absolute atomic E-state index is 0.0769. The topological polar surface area (TPSA) is 96.2 Å². The van der Waals surface area contributed by atoms with Gasteiger partial charge in [0.25, 0.3) is 5.91 Å². The van der Waals surface area contributed by atoms with E-state index >= 15 is 0 Å². The fraction of sp³-hybridized carbons (Fsp3) is 0.435. The Bertz CT molecular complexity index is 964. The molecule has 7 heteroatoms. The molecule has 0 radical (unpaired) electrons. The molecule has 0 atom stereocenters. The lowest BCUT2D eigenvalue weighted by molar-refractivity contribution is -0.121. The van der Waals surface area contributed by atoms with Crippen molar-refractivity contribution in [1.82, 2.24) is 15.2 Å². The van der Waals surface area contributed by atoms with Gasteiger partial charge in [-0.2, -0.15) is 5.26 Å². The Morgan fingerprint density at radius 1 is 1.27 bits per heavy atom. The fourth-order valence-corrected chi connectivity index (χ4v) is 3.84. The number of aromatic nitrogens is 1. The largest absolute Gasteiger partial charge is 0.383 e. The second kappa shape index (κ2) is 10.6. The average molecular weight is 409 g/mol. The summed E-state index contributed by atoms with van der Waals surface area (Å²) in [6.07, 6.45) is 8.76. The van der Waals surface area contributed by atoms with Crippen molar-refractivity contribution in [3.05, 3.63) is 41.6 Å². The van der Waals surface area contributed by atoms with E-state index in [0.717, 1.165) is 42.1 Å². The number of nitriles is 1. The molecule has 2 amide bonds. The second-order valence-electron chi connectivity index (χ2n) is 7.55. The third-order valence-electron chi connectivity index (χ3n) is 5.37. The van der Waals surface area contributed by atoms with Gasteiger partial charge >= 0.3 is 0 Å². The van der Waals surface area contributed by atoms with Crippen LogP contribution in [0.3, 0.4) is 0 Å². The lowest BCUT2D eigenvalue weighted by Gasteiger charge is -2.22. The molecule has 0 spiro atoms.